The van der Waals surface area contributed by atoms with Gasteiger partial charge in [-0.15, -0.1) is 0 Å². The number of fused-ring (bicyclic) bond motifs is 1. The number of hydrogen-bond donors (Lipinski definition) is 3. The SMILES string of the molecule is CC(C)(C)OC(=O)NC1CC(N/C=C(\C=N)c2cnc3ccccc3n2)C1. The molecule has 1 aromatic heterocycles. The molecule has 0 bridgehead atoms. The third-order valence-corrected chi connectivity index (χ3v) is 4.23. The van der Waals surface area contributed by atoms with Crippen molar-refractivity contribution in [1.82, 2.24) is 20.6 Å². The molecule has 0 spiro atoms. The summed E-state index contributed by atoms with van der Waals surface area (Å²) < 4.78 is 5.26. The first-order valence-electron chi connectivity index (χ1n) is 9.02. The largest absolute Gasteiger partial charge is 0.444 e. The second kappa shape index (κ2) is 7.73. The Hall–Kier alpha value is -2.96. The fourth-order valence-corrected chi connectivity index (χ4v) is 2.84. The van der Waals surface area contributed by atoms with Crippen LogP contribution in [-0.4, -0.2) is 40.0 Å². The predicted octanol–water partition coefficient (Wildman–Crippen LogP) is 3.27. The highest BCUT2D eigenvalue weighted by molar-refractivity contribution is 6.07. The fraction of sp³-hybridized carbons (Fsp3) is 0.400. The number of benzene rings is 1. The minimum absolute atomic E-state index is 0.106. The normalized spacial score (nSPS) is 19.9. The van der Waals surface area contributed by atoms with E-state index < -0.39 is 5.60 Å². The highest BCUT2D eigenvalue weighted by Crippen LogP contribution is 2.21. The minimum Gasteiger partial charge on any atom is -0.444 e. The molecule has 0 saturated heterocycles. The lowest BCUT2D eigenvalue weighted by Crippen LogP contribution is -2.52. The van der Waals surface area contributed by atoms with Crippen LogP contribution in [0, 0.1) is 5.41 Å². The van der Waals surface area contributed by atoms with Crippen molar-refractivity contribution in [1.29, 1.82) is 5.41 Å². The van der Waals surface area contributed by atoms with Crippen molar-refractivity contribution in [3.8, 4) is 0 Å². The lowest BCUT2D eigenvalue weighted by molar-refractivity contribution is 0.0468. The molecule has 1 aliphatic carbocycles. The van der Waals surface area contributed by atoms with Crippen LogP contribution in [0.1, 0.15) is 39.3 Å². The van der Waals surface area contributed by atoms with Gasteiger partial charge < -0.3 is 20.8 Å². The van der Waals surface area contributed by atoms with Crippen LogP contribution < -0.4 is 10.6 Å². The number of carbonyl (C=O) groups excluding carboxylic acids is 1. The van der Waals surface area contributed by atoms with Crippen molar-refractivity contribution in [3.63, 3.8) is 0 Å². The molecular formula is C20H25N5O2. The first-order valence-corrected chi connectivity index (χ1v) is 9.02. The highest BCUT2D eigenvalue weighted by atomic mass is 16.6. The Morgan fingerprint density at radius 2 is 1.93 bits per heavy atom. The van der Waals surface area contributed by atoms with E-state index in [0.29, 0.717) is 11.3 Å². The monoisotopic (exact) mass is 367 g/mol. The van der Waals surface area contributed by atoms with Crippen LogP contribution in [0.2, 0.25) is 0 Å². The van der Waals surface area contributed by atoms with E-state index in [0.717, 1.165) is 23.9 Å². The summed E-state index contributed by atoms with van der Waals surface area (Å²) in [6, 6.07) is 8.00. The standard InChI is InChI=1S/C20H25N5O2/c1-20(2,3)27-19(26)24-15-8-14(9-15)22-11-13(10-21)18-12-23-16-6-4-5-7-17(16)25-18/h4-7,10-12,14-15,21-22H,8-9H2,1-3H3,(H,24,26)/b13-11+,21-10?. The number of rotatable bonds is 5. The van der Waals surface area contributed by atoms with E-state index in [-0.39, 0.29) is 18.2 Å². The van der Waals surface area contributed by atoms with Crippen molar-refractivity contribution in [2.24, 2.45) is 0 Å². The number of carbonyl (C=O) groups is 1. The molecule has 1 amide bonds. The molecular weight excluding hydrogens is 342 g/mol. The van der Waals surface area contributed by atoms with Gasteiger partial charge in [0.05, 0.1) is 22.9 Å². The number of allylic oxidation sites excluding steroid dienone is 1. The number of ether oxygens (including phenoxy) is 1. The van der Waals surface area contributed by atoms with Crippen LogP contribution in [0.5, 0.6) is 0 Å². The second-order valence-corrected chi connectivity index (χ2v) is 7.67. The van der Waals surface area contributed by atoms with Gasteiger partial charge in [-0.2, -0.15) is 0 Å². The van der Waals surface area contributed by atoms with E-state index in [4.69, 9.17) is 10.1 Å². The fourth-order valence-electron chi connectivity index (χ4n) is 2.84. The number of aromatic nitrogens is 2. The second-order valence-electron chi connectivity index (χ2n) is 7.67. The first kappa shape index (κ1) is 18.8. The van der Waals surface area contributed by atoms with Crippen molar-refractivity contribution in [3.05, 3.63) is 42.4 Å². The zero-order chi connectivity index (χ0) is 19.4. The smallest absolute Gasteiger partial charge is 0.407 e. The summed E-state index contributed by atoms with van der Waals surface area (Å²) in [5, 5.41) is 13.8. The van der Waals surface area contributed by atoms with Gasteiger partial charge in [0.1, 0.15) is 5.60 Å². The molecule has 0 aliphatic heterocycles. The number of nitrogens with zero attached hydrogens (tertiary/aromatic N) is 2. The Kier molecular flexibility index (Phi) is 5.39. The number of para-hydroxylation sites is 2. The van der Waals surface area contributed by atoms with Crippen LogP contribution >= 0.6 is 0 Å². The Morgan fingerprint density at radius 3 is 2.59 bits per heavy atom. The zero-order valence-electron chi connectivity index (χ0n) is 15.8. The molecule has 3 rings (SSSR count). The molecule has 7 nitrogen and oxygen atoms in total. The van der Waals surface area contributed by atoms with Gasteiger partial charge in [0, 0.05) is 30.1 Å². The van der Waals surface area contributed by atoms with Crippen molar-refractivity contribution >= 4 is 28.9 Å². The average molecular weight is 367 g/mol. The molecule has 1 saturated carbocycles. The summed E-state index contributed by atoms with van der Waals surface area (Å²) in [6.07, 6.45) is 5.97. The number of alkyl carbamates (subject to hydrolysis) is 1. The summed E-state index contributed by atoms with van der Waals surface area (Å²) in [6.45, 7) is 5.53. The summed E-state index contributed by atoms with van der Waals surface area (Å²) in [4.78, 5) is 20.7. The van der Waals surface area contributed by atoms with Crippen molar-refractivity contribution in [2.45, 2.75) is 51.3 Å². The first-order chi connectivity index (χ1) is 12.8. The van der Waals surface area contributed by atoms with E-state index in [1.54, 1.807) is 12.4 Å². The Labute approximate surface area is 158 Å². The maximum atomic E-state index is 11.8. The Balaban J connectivity index is 1.54. The third kappa shape index (κ3) is 5.03. The average Bonchev–Trinajstić information content (AvgIpc) is 2.58. The molecule has 1 aromatic carbocycles. The van der Waals surface area contributed by atoms with E-state index in [1.165, 1.54) is 6.21 Å². The van der Waals surface area contributed by atoms with Gasteiger partial charge >= 0.3 is 6.09 Å². The van der Waals surface area contributed by atoms with Crippen LogP contribution in [0.3, 0.4) is 0 Å². The van der Waals surface area contributed by atoms with Gasteiger partial charge in [0.15, 0.2) is 0 Å². The van der Waals surface area contributed by atoms with Crippen LogP contribution in [-0.2, 0) is 4.74 Å². The molecule has 27 heavy (non-hydrogen) atoms. The lowest BCUT2D eigenvalue weighted by atomic mass is 9.87. The van der Waals surface area contributed by atoms with Gasteiger partial charge in [-0.25, -0.2) is 9.78 Å². The maximum Gasteiger partial charge on any atom is 0.407 e. The van der Waals surface area contributed by atoms with Crippen molar-refractivity contribution in [2.75, 3.05) is 0 Å². The molecule has 1 aliphatic rings. The molecule has 0 radical (unpaired) electrons. The predicted molar refractivity (Wildman–Crippen MR) is 106 cm³/mol. The third-order valence-electron chi connectivity index (χ3n) is 4.23. The summed E-state index contributed by atoms with van der Waals surface area (Å²) in [5.41, 5.74) is 2.45. The molecule has 3 N–H and O–H groups in total. The van der Waals surface area contributed by atoms with Gasteiger partial charge in [0.25, 0.3) is 0 Å². The number of hydrogen-bond acceptors (Lipinski definition) is 6. The van der Waals surface area contributed by atoms with Gasteiger partial charge in [-0.05, 0) is 45.7 Å². The van der Waals surface area contributed by atoms with E-state index in [1.807, 2.05) is 45.0 Å². The van der Waals surface area contributed by atoms with Crippen LogP contribution in [0.15, 0.2) is 36.7 Å². The molecule has 1 fully saturated rings. The Bertz CT molecular complexity index is 866. The highest BCUT2D eigenvalue weighted by Gasteiger charge is 2.31. The number of nitrogens with one attached hydrogen (secondary N) is 3. The summed E-state index contributed by atoms with van der Waals surface area (Å²) >= 11 is 0. The quantitative estimate of drug-likeness (QED) is 0.704. The van der Waals surface area contributed by atoms with Crippen molar-refractivity contribution < 1.29 is 9.53 Å². The molecule has 0 atom stereocenters. The number of amides is 1. The lowest BCUT2D eigenvalue weighted by Gasteiger charge is -2.36. The molecule has 2 aromatic rings. The van der Waals surface area contributed by atoms with Gasteiger partial charge in [-0.3, -0.25) is 4.98 Å². The zero-order valence-corrected chi connectivity index (χ0v) is 15.8. The van der Waals surface area contributed by atoms with E-state index in [9.17, 15) is 4.79 Å². The maximum absolute atomic E-state index is 11.8. The summed E-state index contributed by atoms with van der Waals surface area (Å²) in [7, 11) is 0. The van der Waals surface area contributed by atoms with Crippen LogP contribution in [0.4, 0.5) is 4.79 Å². The van der Waals surface area contributed by atoms with Gasteiger partial charge in [-0.1, -0.05) is 12.1 Å². The summed E-state index contributed by atoms with van der Waals surface area (Å²) in [5.74, 6) is 0. The Morgan fingerprint density at radius 1 is 1.22 bits per heavy atom. The topological polar surface area (TPSA) is 100.0 Å². The van der Waals surface area contributed by atoms with Gasteiger partial charge in [0.2, 0.25) is 0 Å². The minimum atomic E-state index is -0.492. The van der Waals surface area contributed by atoms with Crippen LogP contribution in [0.25, 0.3) is 16.6 Å². The molecule has 7 heteroatoms. The van der Waals surface area contributed by atoms with E-state index in [2.05, 4.69) is 20.6 Å². The molecule has 142 valence electrons. The molecule has 0 unspecified atom stereocenters. The van der Waals surface area contributed by atoms with E-state index >= 15 is 0 Å². The molecule has 1 heterocycles.